The van der Waals surface area contributed by atoms with Crippen molar-refractivity contribution in [1.82, 2.24) is 49.4 Å². The Hall–Kier alpha value is -6.13. The number of nitrogens with one attached hydrogen (secondary N) is 4. The Morgan fingerprint density at radius 1 is 0.931 bits per heavy atom. The first-order valence-corrected chi connectivity index (χ1v) is 19.9. The SMILES string of the molecule is Cc1cc2cc(n1)-c1cnn(C)c1OCCC[C@@H](C)Cn1c(nc3ccc(CNCCNCCc4cccc5c4n(C)c(=O)n5C4CCC(=O)NC4=O)cc31)NC2=O. The highest BCUT2D eigenvalue weighted by Crippen LogP contribution is 2.31. The highest BCUT2D eigenvalue weighted by Gasteiger charge is 2.31. The minimum Gasteiger partial charge on any atom is -0.477 e. The summed E-state index contributed by atoms with van der Waals surface area (Å²) in [6.45, 7) is 8.11. The maximum absolute atomic E-state index is 13.8. The van der Waals surface area contributed by atoms with Crippen LogP contribution in [0.25, 0.3) is 33.3 Å². The number of pyridine rings is 1. The number of rotatable bonds is 9. The summed E-state index contributed by atoms with van der Waals surface area (Å²) in [4.78, 5) is 61.0. The molecule has 8 rings (SSSR count). The molecule has 302 valence electrons. The number of piperidine rings is 1. The number of carbonyl (C=O) groups is 3. The number of carbonyl (C=O) groups excluding carboxylic acids is 3. The summed E-state index contributed by atoms with van der Waals surface area (Å²) >= 11 is 0. The third kappa shape index (κ3) is 7.76. The fourth-order valence-corrected chi connectivity index (χ4v) is 8.16. The third-order valence-corrected chi connectivity index (χ3v) is 11.1. The molecule has 58 heavy (non-hydrogen) atoms. The average molecular weight is 788 g/mol. The van der Waals surface area contributed by atoms with Crippen molar-refractivity contribution in [3.05, 3.63) is 87.6 Å². The molecule has 4 N–H and O–H groups in total. The molecule has 2 aromatic carbocycles. The van der Waals surface area contributed by atoms with Crippen LogP contribution in [-0.2, 0) is 43.2 Å². The number of imidazole rings is 2. The second-order valence-corrected chi connectivity index (χ2v) is 15.4. The lowest BCUT2D eigenvalue weighted by Crippen LogP contribution is -2.44. The van der Waals surface area contributed by atoms with Crippen molar-refractivity contribution in [1.29, 1.82) is 0 Å². The van der Waals surface area contributed by atoms with Gasteiger partial charge in [-0.15, -0.1) is 0 Å². The van der Waals surface area contributed by atoms with Crippen LogP contribution in [0.5, 0.6) is 5.88 Å². The van der Waals surface area contributed by atoms with E-state index in [2.05, 4.69) is 50.0 Å². The molecular formula is C42H49N11O5. The molecule has 0 spiro atoms. The highest BCUT2D eigenvalue weighted by atomic mass is 16.5. The summed E-state index contributed by atoms with van der Waals surface area (Å²) < 4.78 is 13.2. The Balaban J connectivity index is 0.913. The normalized spacial score (nSPS) is 17.6. The fourth-order valence-electron chi connectivity index (χ4n) is 8.16. The number of aromatic nitrogens is 7. The van der Waals surface area contributed by atoms with Crippen LogP contribution < -0.4 is 31.7 Å². The predicted octanol–water partition coefficient (Wildman–Crippen LogP) is 3.75. The molecule has 2 bridgehead atoms. The van der Waals surface area contributed by atoms with Gasteiger partial charge in [0.25, 0.3) is 5.91 Å². The molecule has 16 nitrogen and oxygen atoms in total. The average Bonchev–Trinajstić information content (AvgIpc) is 3.82. The van der Waals surface area contributed by atoms with Gasteiger partial charge in [-0.1, -0.05) is 25.1 Å². The van der Waals surface area contributed by atoms with Crippen LogP contribution >= 0.6 is 0 Å². The van der Waals surface area contributed by atoms with Gasteiger partial charge in [0.1, 0.15) is 6.04 Å². The zero-order valence-electron chi connectivity index (χ0n) is 33.3. The zero-order chi connectivity index (χ0) is 40.5. The van der Waals surface area contributed by atoms with Gasteiger partial charge >= 0.3 is 5.69 Å². The molecule has 6 aromatic rings. The lowest BCUT2D eigenvalue weighted by atomic mass is 10.1. The molecule has 4 aromatic heterocycles. The van der Waals surface area contributed by atoms with Crippen molar-refractivity contribution < 1.29 is 19.1 Å². The number of nitrogens with zero attached hydrogens (tertiary/aromatic N) is 7. The van der Waals surface area contributed by atoms with E-state index in [1.807, 2.05) is 38.2 Å². The van der Waals surface area contributed by atoms with E-state index in [1.54, 1.807) is 34.6 Å². The minimum atomic E-state index is -0.710. The molecule has 0 aliphatic carbocycles. The predicted molar refractivity (Wildman–Crippen MR) is 220 cm³/mol. The van der Waals surface area contributed by atoms with E-state index in [1.165, 1.54) is 4.57 Å². The number of benzene rings is 2. The zero-order valence-corrected chi connectivity index (χ0v) is 33.3. The van der Waals surface area contributed by atoms with Gasteiger partial charge in [0.15, 0.2) is 0 Å². The number of fused-ring (bicyclic) bond motifs is 8. The molecule has 1 saturated heterocycles. The molecule has 0 saturated carbocycles. The molecule has 1 fully saturated rings. The number of hydrogen-bond donors (Lipinski definition) is 4. The van der Waals surface area contributed by atoms with Gasteiger partial charge in [0.2, 0.25) is 23.6 Å². The van der Waals surface area contributed by atoms with Crippen molar-refractivity contribution in [3.8, 4) is 17.1 Å². The Labute approximate surface area is 335 Å². The molecule has 1 unspecified atom stereocenters. The highest BCUT2D eigenvalue weighted by molar-refractivity contribution is 6.05. The van der Waals surface area contributed by atoms with Crippen LogP contribution in [0.2, 0.25) is 0 Å². The van der Waals surface area contributed by atoms with Crippen molar-refractivity contribution in [2.24, 2.45) is 20.0 Å². The van der Waals surface area contributed by atoms with Gasteiger partial charge < -0.3 is 19.9 Å². The first kappa shape index (κ1) is 38.7. The number of aryl methyl sites for hydroxylation is 3. The van der Waals surface area contributed by atoms with E-state index in [0.29, 0.717) is 73.4 Å². The maximum Gasteiger partial charge on any atom is 0.329 e. The monoisotopic (exact) mass is 787 g/mol. The number of amides is 3. The van der Waals surface area contributed by atoms with Crippen LogP contribution in [0.3, 0.4) is 0 Å². The first-order valence-electron chi connectivity index (χ1n) is 19.9. The number of imide groups is 1. The second kappa shape index (κ2) is 16.4. The number of hydrogen-bond acceptors (Lipinski definition) is 10. The third-order valence-electron chi connectivity index (χ3n) is 11.1. The van der Waals surface area contributed by atoms with E-state index < -0.39 is 11.9 Å². The summed E-state index contributed by atoms with van der Waals surface area (Å²) in [7, 11) is 3.57. The van der Waals surface area contributed by atoms with Crippen molar-refractivity contribution in [3.63, 3.8) is 0 Å². The maximum atomic E-state index is 13.8. The van der Waals surface area contributed by atoms with Crippen molar-refractivity contribution >= 4 is 45.7 Å². The van der Waals surface area contributed by atoms with Crippen LogP contribution in [0.15, 0.2) is 59.5 Å². The van der Waals surface area contributed by atoms with Gasteiger partial charge in [-0.3, -0.25) is 39.1 Å². The first-order chi connectivity index (χ1) is 28.0. The summed E-state index contributed by atoms with van der Waals surface area (Å²) in [5, 5.41) is 16.9. The number of anilines is 1. The minimum absolute atomic E-state index is 0.204. The summed E-state index contributed by atoms with van der Waals surface area (Å²) in [5.41, 5.74) is 7.66. The summed E-state index contributed by atoms with van der Waals surface area (Å²) in [6, 6.07) is 14.8. The lowest BCUT2D eigenvalue weighted by Gasteiger charge is -2.22. The Bertz CT molecular complexity index is 2600. The molecule has 2 aliphatic rings. The fraction of sp³-hybridized carbons (Fsp3) is 0.405. The van der Waals surface area contributed by atoms with Crippen molar-refractivity contribution in [2.45, 2.75) is 65.1 Å². The van der Waals surface area contributed by atoms with E-state index >= 15 is 0 Å². The Morgan fingerprint density at radius 2 is 1.78 bits per heavy atom. The second-order valence-electron chi connectivity index (χ2n) is 15.4. The van der Waals surface area contributed by atoms with Crippen LogP contribution in [-0.4, -0.2) is 77.4 Å². The molecular weight excluding hydrogens is 739 g/mol. The lowest BCUT2D eigenvalue weighted by molar-refractivity contribution is -0.135. The molecule has 16 heteroatoms. The Morgan fingerprint density at radius 3 is 2.62 bits per heavy atom. The number of para-hydroxylation sites is 1. The molecule has 6 heterocycles. The molecule has 2 aliphatic heterocycles. The Kier molecular flexibility index (Phi) is 10.9. The van der Waals surface area contributed by atoms with Crippen LogP contribution in [0.4, 0.5) is 5.95 Å². The van der Waals surface area contributed by atoms with Crippen LogP contribution in [0.1, 0.15) is 65.8 Å². The molecule has 3 amide bonds. The van der Waals surface area contributed by atoms with E-state index in [9.17, 15) is 19.2 Å². The molecule has 0 radical (unpaired) electrons. The smallest absolute Gasteiger partial charge is 0.329 e. The summed E-state index contributed by atoms with van der Waals surface area (Å²) in [5.74, 6) is 0.410. The summed E-state index contributed by atoms with van der Waals surface area (Å²) in [6.07, 6.45) is 4.70. The van der Waals surface area contributed by atoms with E-state index in [0.717, 1.165) is 59.2 Å². The van der Waals surface area contributed by atoms with Gasteiger partial charge in [-0.2, -0.15) is 5.10 Å². The topological polar surface area (TPSA) is 184 Å². The van der Waals surface area contributed by atoms with Gasteiger partial charge in [-0.05, 0) is 86.5 Å². The largest absolute Gasteiger partial charge is 0.477 e. The number of ether oxygens (including phenoxy) is 1. The van der Waals surface area contributed by atoms with Crippen LogP contribution in [0, 0.1) is 12.8 Å². The van der Waals surface area contributed by atoms with E-state index in [4.69, 9.17) is 14.7 Å². The standard InChI is InChI=1S/C42H49N11O5/c1-25-7-6-18-58-40-30(23-45-51(40)4)32-21-29(19-26(2)46-32)38(55)49-41-47-31-11-10-27(20-35(31)52(41)24-25)22-44-17-16-43-15-14-28-8-5-9-33-37(28)50(3)42(57)53(33)34-12-13-36(54)48-39(34)56/h5,8-11,19-21,23,25,34,43-44H,6-7,12-18,22,24H2,1-4H3,(H,47,49,55)(H,48,54,56)/t25-,34?/m1/s1. The quantitative estimate of drug-likeness (QED) is 0.124. The van der Waals surface area contributed by atoms with Gasteiger partial charge in [-0.25, -0.2) is 14.5 Å². The molecule has 2 atom stereocenters. The van der Waals surface area contributed by atoms with Gasteiger partial charge in [0, 0.05) is 58.0 Å². The van der Waals surface area contributed by atoms with E-state index in [-0.39, 0.29) is 29.8 Å². The van der Waals surface area contributed by atoms with Gasteiger partial charge in [0.05, 0.1) is 46.1 Å². The van der Waals surface area contributed by atoms with Crippen molar-refractivity contribution in [2.75, 3.05) is 31.6 Å².